The van der Waals surface area contributed by atoms with Crippen LogP contribution in [0.4, 0.5) is 0 Å². The summed E-state index contributed by atoms with van der Waals surface area (Å²) in [4.78, 5) is 10.4. The Morgan fingerprint density at radius 3 is 2.43 bits per heavy atom. The predicted octanol–water partition coefficient (Wildman–Crippen LogP) is 1.20. The summed E-state index contributed by atoms with van der Waals surface area (Å²) >= 11 is 5.44. The molecule has 0 aliphatic heterocycles. The van der Waals surface area contributed by atoms with E-state index >= 15 is 0 Å². The van der Waals surface area contributed by atoms with Crippen molar-refractivity contribution in [2.45, 2.75) is 18.7 Å². The van der Waals surface area contributed by atoms with E-state index < -0.39 is 0 Å². The lowest BCUT2D eigenvalue weighted by atomic mass is 9.85. The minimum absolute atomic E-state index is 0.157. The minimum atomic E-state index is -0.157. The number of halogens is 1. The highest BCUT2D eigenvalue weighted by Gasteiger charge is 2.33. The molecular weight excluding hydrogens is 112 g/mol. The van der Waals surface area contributed by atoms with Crippen LogP contribution in [-0.4, -0.2) is 11.2 Å². The monoisotopic (exact) mass is 118 g/mol. The highest BCUT2D eigenvalue weighted by Crippen LogP contribution is 2.26. The Kier molecular flexibility index (Phi) is 1.08. The Labute approximate surface area is 47.7 Å². The van der Waals surface area contributed by atoms with Crippen LogP contribution in [0, 0.1) is 5.92 Å². The van der Waals surface area contributed by atoms with E-state index in [0.717, 1.165) is 6.42 Å². The van der Waals surface area contributed by atoms with E-state index in [1.807, 2.05) is 6.92 Å². The molecule has 2 atom stereocenters. The lowest BCUT2D eigenvalue weighted by Gasteiger charge is -2.24. The van der Waals surface area contributed by atoms with Crippen molar-refractivity contribution >= 4 is 17.4 Å². The van der Waals surface area contributed by atoms with Gasteiger partial charge in [0, 0.05) is 5.92 Å². The van der Waals surface area contributed by atoms with Gasteiger partial charge in [0.15, 0.2) is 5.78 Å². The van der Waals surface area contributed by atoms with E-state index in [4.69, 9.17) is 11.6 Å². The molecule has 1 aliphatic carbocycles. The number of carbonyl (C=O) groups excluding carboxylic acids is 1. The fourth-order valence-corrected chi connectivity index (χ4v) is 1.17. The van der Waals surface area contributed by atoms with E-state index in [9.17, 15) is 4.79 Å². The van der Waals surface area contributed by atoms with E-state index in [-0.39, 0.29) is 17.1 Å². The molecular formula is C5H7ClO. The first-order valence-corrected chi connectivity index (χ1v) is 2.83. The maximum Gasteiger partial charge on any atom is 0.153 e. The van der Waals surface area contributed by atoms with Crippen molar-refractivity contribution in [1.82, 2.24) is 0 Å². The maximum atomic E-state index is 10.4. The second kappa shape index (κ2) is 1.48. The molecule has 0 spiro atoms. The van der Waals surface area contributed by atoms with Gasteiger partial charge in [-0.2, -0.15) is 0 Å². The van der Waals surface area contributed by atoms with Crippen molar-refractivity contribution < 1.29 is 4.79 Å². The van der Waals surface area contributed by atoms with Crippen LogP contribution in [0.15, 0.2) is 0 Å². The van der Waals surface area contributed by atoms with Gasteiger partial charge in [-0.1, -0.05) is 6.92 Å². The summed E-state index contributed by atoms with van der Waals surface area (Å²) in [7, 11) is 0. The second-order valence-corrected chi connectivity index (χ2v) is 2.53. The summed E-state index contributed by atoms with van der Waals surface area (Å²) in [5.41, 5.74) is 0. The van der Waals surface area contributed by atoms with Gasteiger partial charge in [-0.05, 0) is 6.42 Å². The van der Waals surface area contributed by atoms with Gasteiger partial charge in [0.1, 0.15) is 0 Å². The first-order valence-electron chi connectivity index (χ1n) is 2.39. The van der Waals surface area contributed by atoms with Crippen LogP contribution in [-0.2, 0) is 4.79 Å². The van der Waals surface area contributed by atoms with Crippen molar-refractivity contribution in [1.29, 1.82) is 0 Å². The van der Waals surface area contributed by atoms with Gasteiger partial charge in [-0.25, -0.2) is 0 Å². The Morgan fingerprint density at radius 1 is 1.86 bits per heavy atom. The van der Waals surface area contributed by atoms with Crippen molar-refractivity contribution in [2.24, 2.45) is 5.92 Å². The zero-order valence-corrected chi connectivity index (χ0v) is 4.90. The summed E-state index contributed by atoms with van der Waals surface area (Å²) in [6.07, 6.45) is 0.875. The molecule has 7 heavy (non-hydrogen) atoms. The van der Waals surface area contributed by atoms with Crippen LogP contribution in [0.3, 0.4) is 0 Å². The quantitative estimate of drug-likeness (QED) is 0.437. The zero-order valence-electron chi connectivity index (χ0n) is 4.15. The summed E-state index contributed by atoms with van der Waals surface area (Å²) in [6.45, 7) is 1.90. The largest absolute Gasteiger partial charge is 0.298 e. The van der Waals surface area contributed by atoms with E-state index in [1.54, 1.807) is 0 Å². The molecule has 0 saturated heterocycles. The Bertz CT molecular complexity index is 90.3. The van der Waals surface area contributed by atoms with Gasteiger partial charge in [0.2, 0.25) is 0 Å². The molecule has 1 rings (SSSR count). The van der Waals surface area contributed by atoms with Crippen molar-refractivity contribution in [3.05, 3.63) is 0 Å². The highest BCUT2D eigenvalue weighted by atomic mass is 35.5. The number of ketones is 1. The highest BCUT2D eigenvalue weighted by molar-refractivity contribution is 6.33. The third kappa shape index (κ3) is 0.653. The van der Waals surface area contributed by atoms with Gasteiger partial charge in [-0.15, -0.1) is 11.6 Å². The number of rotatable bonds is 0. The molecule has 2 heteroatoms. The van der Waals surface area contributed by atoms with Crippen molar-refractivity contribution in [2.75, 3.05) is 0 Å². The minimum Gasteiger partial charge on any atom is -0.298 e. The third-order valence-electron chi connectivity index (χ3n) is 1.35. The molecule has 1 nitrogen and oxygen atoms in total. The van der Waals surface area contributed by atoms with Crippen molar-refractivity contribution in [3.63, 3.8) is 0 Å². The maximum absolute atomic E-state index is 10.4. The molecule has 0 aromatic carbocycles. The summed E-state index contributed by atoms with van der Waals surface area (Å²) < 4.78 is 0. The number of hydrogen-bond acceptors (Lipinski definition) is 1. The van der Waals surface area contributed by atoms with Crippen LogP contribution >= 0.6 is 11.6 Å². The molecule has 0 aromatic heterocycles. The molecule has 0 heterocycles. The number of hydrogen-bond donors (Lipinski definition) is 0. The molecule has 0 radical (unpaired) electrons. The van der Waals surface area contributed by atoms with Crippen LogP contribution in [0.25, 0.3) is 0 Å². The molecule has 0 aromatic rings. The van der Waals surface area contributed by atoms with Crippen LogP contribution in [0.1, 0.15) is 13.3 Å². The first-order chi connectivity index (χ1) is 3.22. The molecule has 0 amide bonds. The van der Waals surface area contributed by atoms with E-state index in [1.165, 1.54) is 0 Å². The molecule has 1 aliphatic rings. The summed E-state index contributed by atoms with van der Waals surface area (Å²) in [5.74, 6) is 0.448. The molecule has 1 fully saturated rings. The van der Waals surface area contributed by atoms with Gasteiger partial charge < -0.3 is 0 Å². The van der Waals surface area contributed by atoms with Crippen LogP contribution in [0.5, 0.6) is 0 Å². The standard InChI is InChI=1S/C5H7ClO/c1-3-2-4(6)5(3)7/h3-4H,2H2,1H3/t3-,4-/m1/s1. The van der Waals surface area contributed by atoms with Gasteiger partial charge in [0.25, 0.3) is 0 Å². The first kappa shape index (κ1) is 5.10. The molecule has 0 unspecified atom stereocenters. The van der Waals surface area contributed by atoms with E-state index in [2.05, 4.69) is 0 Å². The topological polar surface area (TPSA) is 17.1 Å². The zero-order chi connectivity index (χ0) is 5.44. The fourth-order valence-electron chi connectivity index (χ4n) is 0.691. The number of carbonyl (C=O) groups is 1. The molecule has 1 saturated carbocycles. The van der Waals surface area contributed by atoms with Crippen LogP contribution < -0.4 is 0 Å². The van der Waals surface area contributed by atoms with E-state index in [0.29, 0.717) is 0 Å². The Hall–Kier alpha value is -0.0400. The third-order valence-corrected chi connectivity index (χ3v) is 1.75. The molecule has 40 valence electrons. The SMILES string of the molecule is C[C@@H]1C[C@@H](Cl)C1=O. The Morgan fingerprint density at radius 2 is 2.43 bits per heavy atom. The predicted molar refractivity (Wildman–Crippen MR) is 28.4 cm³/mol. The smallest absolute Gasteiger partial charge is 0.153 e. The Balaban J connectivity index is 2.44. The summed E-state index contributed by atoms with van der Waals surface area (Å²) in [5, 5.41) is -0.157. The second-order valence-electron chi connectivity index (χ2n) is 2.01. The summed E-state index contributed by atoms with van der Waals surface area (Å²) in [6, 6.07) is 0. The van der Waals surface area contributed by atoms with Gasteiger partial charge in [-0.3, -0.25) is 4.79 Å². The lowest BCUT2D eigenvalue weighted by molar-refractivity contribution is -0.127. The van der Waals surface area contributed by atoms with Crippen molar-refractivity contribution in [3.8, 4) is 0 Å². The lowest BCUT2D eigenvalue weighted by Crippen LogP contribution is -2.35. The van der Waals surface area contributed by atoms with Gasteiger partial charge in [0.05, 0.1) is 5.38 Å². The average Bonchev–Trinajstić information content (AvgIpc) is 1.68. The van der Waals surface area contributed by atoms with Crippen LogP contribution in [0.2, 0.25) is 0 Å². The number of alkyl halides is 1. The molecule has 0 N–H and O–H groups in total. The normalized spacial score (nSPS) is 40.6. The average molecular weight is 119 g/mol. The van der Waals surface area contributed by atoms with Gasteiger partial charge >= 0.3 is 0 Å². The molecule has 0 bridgehead atoms. The fraction of sp³-hybridized carbons (Fsp3) is 0.800. The number of Topliss-reactive ketones (excluding diaryl/α,β-unsaturated/α-hetero) is 1.